The molecule has 2 heterocycles. The molecule has 0 bridgehead atoms. The lowest BCUT2D eigenvalue weighted by Crippen LogP contribution is -2.34. The summed E-state index contributed by atoms with van der Waals surface area (Å²) in [6.45, 7) is 1.32. The Hall–Kier alpha value is -2.00. The lowest BCUT2D eigenvalue weighted by Gasteiger charge is -2.33. The van der Waals surface area contributed by atoms with Gasteiger partial charge in [-0.2, -0.15) is 13.9 Å². The van der Waals surface area contributed by atoms with Crippen molar-refractivity contribution in [2.45, 2.75) is 37.8 Å². The monoisotopic (exact) mass is 384 g/mol. The first-order chi connectivity index (χ1) is 12.4. The molecule has 6 nitrogen and oxygen atoms in total. The summed E-state index contributed by atoms with van der Waals surface area (Å²) in [6, 6.07) is 7.64. The second-order valence-corrected chi connectivity index (χ2v) is 8.32. The molecule has 1 aliphatic heterocycles. The number of nitrogens with zero attached hydrogens (tertiary/aromatic N) is 3. The first-order valence-corrected chi connectivity index (χ1v) is 10.00. The third-order valence-corrected chi connectivity index (χ3v) is 6.01. The summed E-state index contributed by atoms with van der Waals surface area (Å²) < 4.78 is 52.7. The van der Waals surface area contributed by atoms with Crippen molar-refractivity contribution in [3.05, 3.63) is 42.2 Å². The molecule has 0 spiro atoms. The second kappa shape index (κ2) is 7.71. The van der Waals surface area contributed by atoms with Crippen LogP contribution in [0.25, 0.3) is 0 Å². The van der Waals surface area contributed by atoms with Crippen molar-refractivity contribution in [2.24, 2.45) is 5.92 Å². The Morgan fingerprint density at radius 1 is 1.27 bits per heavy atom. The summed E-state index contributed by atoms with van der Waals surface area (Å²) in [5.41, 5.74) is 1.86. The summed E-state index contributed by atoms with van der Waals surface area (Å²) in [4.78, 5) is 1.99. The molecular weight excluding hydrogens is 362 g/mol. The summed E-state index contributed by atoms with van der Waals surface area (Å²) in [7, 11) is -3.91. The van der Waals surface area contributed by atoms with Crippen molar-refractivity contribution in [3.8, 4) is 0 Å². The molecule has 1 aromatic carbocycles. The zero-order valence-corrected chi connectivity index (χ0v) is 15.3. The molecule has 0 aliphatic carbocycles. The molecule has 0 amide bonds. The van der Waals surface area contributed by atoms with Crippen LogP contribution in [-0.2, 0) is 16.6 Å². The molecule has 1 N–H and O–H groups in total. The lowest BCUT2D eigenvalue weighted by atomic mass is 9.98. The van der Waals surface area contributed by atoms with E-state index in [0.717, 1.165) is 49.6 Å². The smallest absolute Gasteiger partial charge is 0.333 e. The maximum atomic E-state index is 12.6. The highest BCUT2D eigenvalue weighted by molar-refractivity contribution is 7.89. The first-order valence-electron chi connectivity index (χ1n) is 8.51. The number of nitrogens with one attached hydrogen (secondary N) is 1. The van der Waals surface area contributed by atoms with E-state index in [9.17, 15) is 17.2 Å². The predicted molar refractivity (Wildman–Crippen MR) is 94.6 cm³/mol. The minimum Gasteiger partial charge on any atom is -0.371 e. The Morgan fingerprint density at radius 2 is 1.96 bits per heavy atom. The van der Waals surface area contributed by atoms with Gasteiger partial charge < -0.3 is 4.90 Å². The zero-order valence-electron chi connectivity index (χ0n) is 14.5. The number of anilines is 1. The third-order valence-electron chi connectivity index (χ3n) is 4.66. The average Bonchev–Trinajstić information content (AvgIpc) is 3.13. The van der Waals surface area contributed by atoms with E-state index in [0.29, 0.717) is 10.6 Å². The molecule has 26 heavy (non-hydrogen) atoms. The summed E-state index contributed by atoms with van der Waals surface area (Å²) in [5.74, 6) is 0.697. The van der Waals surface area contributed by atoms with Crippen LogP contribution in [0, 0.1) is 5.92 Å². The van der Waals surface area contributed by atoms with Crippen molar-refractivity contribution in [3.63, 3.8) is 0 Å². The molecule has 0 radical (unpaired) electrons. The van der Waals surface area contributed by atoms with Crippen LogP contribution in [-0.4, -0.2) is 31.3 Å². The predicted octanol–water partition coefficient (Wildman–Crippen LogP) is 2.99. The topological polar surface area (TPSA) is 67.2 Å². The van der Waals surface area contributed by atoms with Gasteiger partial charge in [0, 0.05) is 25.3 Å². The lowest BCUT2D eigenvalue weighted by molar-refractivity contribution is 0.0564. The number of sulfonamides is 1. The van der Waals surface area contributed by atoms with E-state index in [1.807, 2.05) is 24.3 Å². The number of para-hydroxylation sites is 1. The van der Waals surface area contributed by atoms with E-state index in [1.54, 1.807) is 0 Å². The molecule has 3 rings (SSSR count). The van der Waals surface area contributed by atoms with Gasteiger partial charge in [-0.3, -0.25) is 0 Å². The molecule has 1 saturated heterocycles. The number of alkyl halides is 2. The Bertz CT molecular complexity index is 846. The number of benzene rings is 1. The van der Waals surface area contributed by atoms with Crippen molar-refractivity contribution >= 4 is 15.7 Å². The minimum absolute atomic E-state index is 0.0877. The number of hydrogen-bond acceptors (Lipinski definition) is 4. The SMILES string of the molecule is CC1CCN(c2ccccc2CNS(=O)(=O)c2cnn(C(F)F)c2)CC1. The van der Waals surface area contributed by atoms with Crippen LogP contribution in [0.15, 0.2) is 41.6 Å². The fourth-order valence-corrected chi connectivity index (χ4v) is 3.99. The van der Waals surface area contributed by atoms with E-state index in [2.05, 4.69) is 21.6 Å². The van der Waals surface area contributed by atoms with Crippen LogP contribution in [0.3, 0.4) is 0 Å². The maximum absolute atomic E-state index is 12.6. The number of aromatic nitrogens is 2. The Balaban J connectivity index is 1.73. The zero-order chi connectivity index (χ0) is 18.7. The fourth-order valence-electron chi connectivity index (χ4n) is 3.04. The molecule has 1 aliphatic rings. The Kier molecular flexibility index (Phi) is 5.57. The summed E-state index contributed by atoms with van der Waals surface area (Å²) in [6.07, 6.45) is 3.96. The maximum Gasteiger partial charge on any atom is 0.333 e. The van der Waals surface area contributed by atoms with E-state index in [1.165, 1.54) is 0 Å². The average molecular weight is 384 g/mol. The van der Waals surface area contributed by atoms with Gasteiger partial charge in [-0.1, -0.05) is 25.1 Å². The molecule has 1 fully saturated rings. The number of piperidine rings is 1. The normalized spacial score (nSPS) is 16.4. The van der Waals surface area contributed by atoms with Crippen LogP contribution in [0.4, 0.5) is 14.5 Å². The summed E-state index contributed by atoms with van der Waals surface area (Å²) >= 11 is 0. The van der Waals surface area contributed by atoms with Crippen LogP contribution < -0.4 is 9.62 Å². The highest BCUT2D eigenvalue weighted by atomic mass is 32.2. The Labute approximate surface area is 151 Å². The van der Waals surface area contributed by atoms with Crippen molar-refractivity contribution in [2.75, 3.05) is 18.0 Å². The molecular formula is C17H22F2N4O2S. The summed E-state index contributed by atoms with van der Waals surface area (Å²) in [5, 5.41) is 3.37. The van der Waals surface area contributed by atoms with E-state index in [-0.39, 0.29) is 11.4 Å². The van der Waals surface area contributed by atoms with Gasteiger partial charge in [0.1, 0.15) is 4.90 Å². The van der Waals surface area contributed by atoms with E-state index < -0.39 is 16.6 Å². The van der Waals surface area contributed by atoms with Gasteiger partial charge in [0.15, 0.2) is 0 Å². The minimum atomic E-state index is -3.91. The fraction of sp³-hybridized carbons (Fsp3) is 0.471. The number of hydrogen-bond donors (Lipinski definition) is 1. The van der Waals surface area contributed by atoms with Gasteiger partial charge >= 0.3 is 6.55 Å². The second-order valence-electron chi connectivity index (χ2n) is 6.56. The van der Waals surface area contributed by atoms with Crippen molar-refractivity contribution in [1.82, 2.24) is 14.5 Å². The highest BCUT2D eigenvalue weighted by Crippen LogP contribution is 2.26. The van der Waals surface area contributed by atoms with Crippen LogP contribution in [0.1, 0.15) is 31.9 Å². The molecule has 2 aromatic rings. The molecule has 1 aromatic heterocycles. The van der Waals surface area contributed by atoms with Crippen LogP contribution in [0.5, 0.6) is 0 Å². The van der Waals surface area contributed by atoms with Gasteiger partial charge in [-0.25, -0.2) is 17.8 Å². The van der Waals surface area contributed by atoms with Crippen LogP contribution in [0.2, 0.25) is 0 Å². The molecule has 9 heteroatoms. The van der Waals surface area contributed by atoms with Gasteiger partial charge in [0.05, 0.1) is 12.4 Å². The molecule has 142 valence electrons. The Morgan fingerprint density at radius 3 is 2.62 bits per heavy atom. The third kappa shape index (κ3) is 4.21. The molecule has 0 unspecified atom stereocenters. The van der Waals surface area contributed by atoms with Crippen LogP contribution >= 0.6 is 0 Å². The van der Waals surface area contributed by atoms with Gasteiger partial charge in [-0.15, -0.1) is 0 Å². The molecule has 0 saturated carbocycles. The van der Waals surface area contributed by atoms with Crippen molar-refractivity contribution in [1.29, 1.82) is 0 Å². The number of halogens is 2. The van der Waals surface area contributed by atoms with Gasteiger partial charge in [0.25, 0.3) is 0 Å². The van der Waals surface area contributed by atoms with E-state index >= 15 is 0 Å². The highest BCUT2D eigenvalue weighted by Gasteiger charge is 2.21. The largest absolute Gasteiger partial charge is 0.371 e. The van der Waals surface area contributed by atoms with Gasteiger partial charge in [-0.05, 0) is 30.4 Å². The first kappa shape index (κ1) is 18.8. The van der Waals surface area contributed by atoms with Gasteiger partial charge in [0.2, 0.25) is 10.0 Å². The number of rotatable bonds is 6. The quantitative estimate of drug-likeness (QED) is 0.831. The standard InChI is InChI=1S/C17H22F2N4O2S/c1-13-6-8-22(9-7-13)16-5-3-2-4-14(16)10-21-26(24,25)15-11-20-23(12-15)17(18)19/h2-5,11-13,17,21H,6-10H2,1H3. The van der Waals surface area contributed by atoms with E-state index in [4.69, 9.17) is 0 Å². The molecule has 0 atom stereocenters. The van der Waals surface area contributed by atoms with Crippen molar-refractivity contribution < 1.29 is 17.2 Å².